The number of rotatable bonds is 4. The lowest BCUT2D eigenvalue weighted by molar-refractivity contribution is 0.249. The summed E-state index contributed by atoms with van der Waals surface area (Å²) in [5, 5.41) is 8.87. The fourth-order valence-corrected chi connectivity index (χ4v) is 2.95. The molecule has 0 saturated carbocycles. The van der Waals surface area contributed by atoms with E-state index in [1.165, 1.54) is 5.56 Å². The van der Waals surface area contributed by atoms with Crippen LogP contribution < -0.4 is 10.6 Å². The van der Waals surface area contributed by atoms with Crippen molar-refractivity contribution in [3.8, 4) is 6.07 Å². The van der Waals surface area contributed by atoms with Crippen molar-refractivity contribution in [3.63, 3.8) is 0 Å². The molecule has 118 valence electrons. The zero-order chi connectivity index (χ0) is 16.1. The van der Waals surface area contributed by atoms with Gasteiger partial charge in [-0.2, -0.15) is 5.26 Å². The Labute approximate surface area is 137 Å². The number of benzene rings is 1. The highest BCUT2D eigenvalue weighted by Crippen LogP contribution is 2.25. The molecule has 0 atom stereocenters. The molecule has 5 heteroatoms. The summed E-state index contributed by atoms with van der Waals surface area (Å²) in [5.41, 5.74) is 9.04. The van der Waals surface area contributed by atoms with Crippen LogP contribution in [-0.4, -0.2) is 36.1 Å². The van der Waals surface area contributed by atoms with Crippen molar-refractivity contribution in [2.45, 2.75) is 13.0 Å². The Balaban J connectivity index is 1.63. The molecule has 1 aliphatic rings. The smallest absolute Gasteiger partial charge is 0.152 e. The van der Waals surface area contributed by atoms with Crippen molar-refractivity contribution in [2.24, 2.45) is 0 Å². The van der Waals surface area contributed by atoms with Gasteiger partial charge < -0.3 is 10.6 Å². The summed E-state index contributed by atoms with van der Waals surface area (Å²) in [6, 6.07) is 14.5. The van der Waals surface area contributed by atoms with Crippen molar-refractivity contribution in [1.82, 2.24) is 9.88 Å². The van der Waals surface area contributed by atoms with Gasteiger partial charge in [0.25, 0.3) is 0 Å². The monoisotopic (exact) mass is 307 g/mol. The van der Waals surface area contributed by atoms with E-state index in [9.17, 15) is 0 Å². The molecule has 1 fully saturated rings. The molecule has 0 bridgehead atoms. The van der Waals surface area contributed by atoms with E-state index in [-0.39, 0.29) is 0 Å². The van der Waals surface area contributed by atoms with Crippen molar-refractivity contribution in [2.75, 3.05) is 36.8 Å². The second kappa shape index (κ2) is 7.12. The molecular weight excluding hydrogens is 286 g/mol. The first kappa shape index (κ1) is 15.3. The lowest BCUT2D eigenvalue weighted by atomic mass is 10.1. The molecule has 0 spiro atoms. The van der Waals surface area contributed by atoms with E-state index in [1.807, 2.05) is 12.1 Å². The summed E-state index contributed by atoms with van der Waals surface area (Å²) >= 11 is 0. The van der Waals surface area contributed by atoms with Crippen LogP contribution in [-0.2, 0) is 13.0 Å². The molecule has 2 heterocycles. The van der Waals surface area contributed by atoms with Gasteiger partial charge in [0, 0.05) is 38.9 Å². The summed E-state index contributed by atoms with van der Waals surface area (Å²) in [7, 11) is 0. The average molecular weight is 307 g/mol. The Bertz CT molecular complexity index is 684. The van der Waals surface area contributed by atoms with E-state index in [0.29, 0.717) is 12.1 Å². The fourth-order valence-electron chi connectivity index (χ4n) is 2.95. The molecule has 0 radical (unpaired) electrons. The van der Waals surface area contributed by atoms with Crippen molar-refractivity contribution >= 4 is 11.5 Å². The van der Waals surface area contributed by atoms with E-state index in [2.05, 4.69) is 45.1 Å². The Hall–Kier alpha value is -2.58. The Morgan fingerprint density at radius 3 is 2.52 bits per heavy atom. The molecule has 1 aromatic carbocycles. The molecule has 2 aromatic rings. The predicted molar refractivity (Wildman–Crippen MR) is 91.9 cm³/mol. The fraction of sp³-hybridized carbons (Fsp3) is 0.333. The number of hydrogen-bond acceptors (Lipinski definition) is 5. The second-order valence-electron chi connectivity index (χ2n) is 5.79. The highest BCUT2D eigenvalue weighted by Gasteiger charge is 2.20. The normalized spacial score (nSPS) is 15.3. The third-order valence-corrected chi connectivity index (χ3v) is 4.25. The number of nitriles is 1. The van der Waals surface area contributed by atoms with Gasteiger partial charge in [0.1, 0.15) is 0 Å². The number of nitrogen functional groups attached to an aromatic ring is 1. The molecule has 0 aliphatic carbocycles. The van der Waals surface area contributed by atoms with Gasteiger partial charge >= 0.3 is 0 Å². The third kappa shape index (κ3) is 3.61. The maximum absolute atomic E-state index is 8.87. The topological polar surface area (TPSA) is 69.2 Å². The van der Waals surface area contributed by atoms with Gasteiger partial charge in [0.15, 0.2) is 5.82 Å². The van der Waals surface area contributed by atoms with Crippen molar-refractivity contribution in [1.29, 1.82) is 5.26 Å². The molecule has 5 nitrogen and oxygen atoms in total. The number of piperazine rings is 1. The molecular formula is C18H21N5. The van der Waals surface area contributed by atoms with Crippen molar-refractivity contribution in [3.05, 3.63) is 53.7 Å². The quantitative estimate of drug-likeness (QED) is 0.936. The SMILES string of the molecule is N#CCc1ccnc(N2CCN(Cc3ccccc3)CC2)c1N. The molecule has 0 amide bonds. The van der Waals surface area contributed by atoms with Gasteiger partial charge in [-0.05, 0) is 17.2 Å². The van der Waals surface area contributed by atoms with Crippen LogP contribution >= 0.6 is 0 Å². The summed E-state index contributed by atoms with van der Waals surface area (Å²) in [6.07, 6.45) is 2.07. The number of nitrogens with two attached hydrogens (primary N) is 1. The lowest BCUT2D eigenvalue weighted by Crippen LogP contribution is -2.46. The Morgan fingerprint density at radius 2 is 1.83 bits per heavy atom. The molecule has 1 aromatic heterocycles. The maximum Gasteiger partial charge on any atom is 0.152 e. The molecule has 0 unspecified atom stereocenters. The summed E-state index contributed by atoms with van der Waals surface area (Å²) in [4.78, 5) is 9.09. The average Bonchev–Trinajstić information content (AvgIpc) is 2.59. The van der Waals surface area contributed by atoms with Crippen LogP contribution in [0.25, 0.3) is 0 Å². The summed E-state index contributed by atoms with van der Waals surface area (Å²) in [6.45, 7) is 4.75. The van der Waals surface area contributed by atoms with Crippen molar-refractivity contribution < 1.29 is 0 Å². The number of aromatic nitrogens is 1. The van der Waals surface area contributed by atoms with Crippen LogP contribution in [0.2, 0.25) is 0 Å². The molecule has 3 rings (SSSR count). The number of pyridine rings is 1. The van der Waals surface area contributed by atoms with Gasteiger partial charge in [-0.1, -0.05) is 30.3 Å². The first-order chi connectivity index (χ1) is 11.3. The van der Waals surface area contributed by atoms with Gasteiger partial charge in [0.05, 0.1) is 18.2 Å². The Kier molecular flexibility index (Phi) is 4.74. The minimum atomic E-state index is 0.329. The number of nitrogens with zero attached hydrogens (tertiary/aromatic N) is 4. The maximum atomic E-state index is 8.87. The Morgan fingerprint density at radius 1 is 1.09 bits per heavy atom. The lowest BCUT2D eigenvalue weighted by Gasteiger charge is -2.36. The van der Waals surface area contributed by atoms with E-state index >= 15 is 0 Å². The van der Waals surface area contributed by atoms with E-state index in [0.717, 1.165) is 44.1 Å². The van der Waals surface area contributed by atoms with Gasteiger partial charge in [0.2, 0.25) is 0 Å². The highest BCUT2D eigenvalue weighted by atomic mass is 15.3. The van der Waals surface area contributed by atoms with E-state index in [4.69, 9.17) is 11.0 Å². The standard InChI is InChI=1S/C18H21N5/c19-8-6-16-7-9-21-18(17(16)20)23-12-10-22(11-13-23)14-15-4-2-1-3-5-15/h1-5,7,9H,6,10-14,20H2. The first-order valence-corrected chi connectivity index (χ1v) is 7.89. The highest BCUT2D eigenvalue weighted by molar-refractivity contribution is 5.67. The van der Waals surface area contributed by atoms with Crippen LogP contribution in [0, 0.1) is 11.3 Å². The molecule has 23 heavy (non-hydrogen) atoms. The van der Waals surface area contributed by atoms with Crippen LogP contribution in [0.1, 0.15) is 11.1 Å². The van der Waals surface area contributed by atoms with Crippen LogP contribution in [0.4, 0.5) is 11.5 Å². The predicted octanol–water partition coefficient (Wildman–Crippen LogP) is 2.05. The van der Waals surface area contributed by atoms with Crippen LogP contribution in [0.15, 0.2) is 42.6 Å². The molecule has 1 aliphatic heterocycles. The second-order valence-corrected chi connectivity index (χ2v) is 5.79. The van der Waals surface area contributed by atoms with Crippen LogP contribution in [0.3, 0.4) is 0 Å². The third-order valence-electron chi connectivity index (χ3n) is 4.25. The minimum absolute atomic E-state index is 0.329. The van der Waals surface area contributed by atoms with E-state index < -0.39 is 0 Å². The zero-order valence-corrected chi connectivity index (χ0v) is 13.2. The summed E-state index contributed by atoms with van der Waals surface area (Å²) in [5.74, 6) is 0.817. The number of anilines is 2. The molecule has 2 N–H and O–H groups in total. The largest absolute Gasteiger partial charge is 0.395 e. The van der Waals surface area contributed by atoms with Gasteiger partial charge in [-0.15, -0.1) is 0 Å². The molecule has 1 saturated heterocycles. The van der Waals surface area contributed by atoms with Crippen LogP contribution in [0.5, 0.6) is 0 Å². The van der Waals surface area contributed by atoms with Gasteiger partial charge in [-0.3, -0.25) is 4.90 Å². The summed E-state index contributed by atoms with van der Waals surface area (Å²) < 4.78 is 0. The number of hydrogen-bond donors (Lipinski definition) is 1. The van der Waals surface area contributed by atoms with E-state index in [1.54, 1.807) is 6.20 Å². The van der Waals surface area contributed by atoms with Gasteiger partial charge in [-0.25, -0.2) is 4.98 Å². The first-order valence-electron chi connectivity index (χ1n) is 7.89. The zero-order valence-electron chi connectivity index (χ0n) is 13.2. The minimum Gasteiger partial charge on any atom is -0.395 e.